The van der Waals surface area contributed by atoms with Gasteiger partial charge in [0.25, 0.3) is 0 Å². The van der Waals surface area contributed by atoms with E-state index in [1.165, 1.54) is 7.11 Å². The summed E-state index contributed by atoms with van der Waals surface area (Å²) in [6.45, 7) is 0.548. The zero-order valence-corrected chi connectivity index (χ0v) is 11.6. The molecule has 0 aromatic heterocycles. The van der Waals surface area contributed by atoms with Crippen LogP contribution < -0.4 is 5.32 Å². The molecular weight excluding hydrogens is 291 g/mol. The Morgan fingerprint density at radius 1 is 1.47 bits per heavy atom. The van der Waals surface area contributed by atoms with Crippen molar-refractivity contribution in [1.29, 1.82) is 0 Å². The molecule has 0 spiro atoms. The number of azide groups is 1. The molecule has 0 fully saturated rings. The van der Waals surface area contributed by atoms with Crippen LogP contribution in [-0.4, -0.2) is 26.2 Å². The highest BCUT2D eigenvalue weighted by molar-refractivity contribution is 6.34. The van der Waals surface area contributed by atoms with E-state index in [0.717, 1.165) is 0 Å². The summed E-state index contributed by atoms with van der Waals surface area (Å²) < 4.78 is 4.71. The summed E-state index contributed by atoms with van der Waals surface area (Å²) in [7, 11) is 1.29. The van der Waals surface area contributed by atoms with Crippen LogP contribution in [0, 0.1) is 0 Å². The number of rotatable bonds is 6. The summed E-state index contributed by atoms with van der Waals surface area (Å²) in [6.07, 6.45) is 0. The number of carbonyl (C=O) groups excluding carboxylic acids is 1. The lowest BCUT2D eigenvalue weighted by Crippen LogP contribution is -2.31. The molecule has 1 rings (SSSR count). The van der Waals surface area contributed by atoms with E-state index >= 15 is 0 Å². The second-order valence-corrected chi connectivity index (χ2v) is 4.44. The van der Waals surface area contributed by atoms with E-state index in [9.17, 15) is 4.79 Å². The molecule has 0 aliphatic carbocycles. The van der Waals surface area contributed by atoms with Crippen molar-refractivity contribution in [1.82, 2.24) is 5.32 Å². The summed E-state index contributed by atoms with van der Waals surface area (Å²) in [5.74, 6) is -0.473. The molecule has 1 N–H and O–H groups in total. The number of carbonyl (C=O) groups is 1. The minimum absolute atomic E-state index is 0.221. The minimum atomic E-state index is -0.713. The van der Waals surface area contributed by atoms with Crippen molar-refractivity contribution in [2.75, 3.05) is 20.2 Å². The van der Waals surface area contributed by atoms with E-state index < -0.39 is 12.0 Å². The van der Waals surface area contributed by atoms with Crippen LogP contribution in [0.4, 0.5) is 0 Å². The highest BCUT2D eigenvalue weighted by Crippen LogP contribution is 2.24. The molecule has 19 heavy (non-hydrogen) atoms. The summed E-state index contributed by atoms with van der Waals surface area (Å²) >= 11 is 11.8. The maximum atomic E-state index is 11.7. The molecular formula is C11H12Cl2N4O2. The number of halogens is 2. The number of nitrogens with one attached hydrogen (secondary N) is 1. The van der Waals surface area contributed by atoms with Crippen LogP contribution in [0.2, 0.25) is 10.0 Å². The molecule has 0 saturated heterocycles. The maximum Gasteiger partial charge on any atom is 0.327 e. The molecule has 0 aliphatic heterocycles. The van der Waals surface area contributed by atoms with E-state index in [-0.39, 0.29) is 6.54 Å². The van der Waals surface area contributed by atoms with Crippen LogP contribution in [0.3, 0.4) is 0 Å². The van der Waals surface area contributed by atoms with Gasteiger partial charge in [-0.25, -0.2) is 4.79 Å². The summed E-state index contributed by atoms with van der Waals surface area (Å²) in [5.41, 5.74) is 8.77. The van der Waals surface area contributed by atoms with E-state index in [4.69, 9.17) is 33.5 Å². The van der Waals surface area contributed by atoms with Crippen molar-refractivity contribution in [2.45, 2.75) is 6.04 Å². The predicted molar refractivity (Wildman–Crippen MR) is 73.2 cm³/mol. The number of methoxy groups -OCH3 is 1. The number of benzene rings is 1. The van der Waals surface area contributed by atoms with Crippen LogP contribution in [0.25, 0.3) is 10.4 Å². The van der Waals surface area contributed by atoms with Crippen molar-refractivity contribution in [3.63, 3.8) is 0 Å². The lowest BCUT2D eigenvalue weighted by molar-refractivity contribution is -0.143. The third kappa shape index (κ3) is 4.96. The van der Waals surface area contributed by atoms with Crippen molar-refractivity contribution in [3.8, 4) is 0 Å². The molecule has 1 aromatic rings. The second kappa shape index (κ2) is 7.86. The van der Waals surface area contributed by atoms with Crippen molar-refractivity contribution < 1.29 is 9.53 Å². The highest BCUT2D eigenvalue weighted by atomic mass is 35.5. The minimum Gasteiger partial charge on any atom is -0.468 e. The number of nitrogens with zero attached hydrogens (tertiary/aromatic N) is 3. The monoisotopic (exact) mass is 302 g/mol. The Kier molecular flexibility index (Phi) is 6.45. The van der Waals surface area contributed by atoms with Gasteiger partial charge in [-0.1, -0.05) is 28.3 Å². The fourth-order valence-corrected chi connectivity index (χ4v) is 2.04. The largest absolute Gasteiger partial charge is 0.468 e. The number of esters is 1. The molecule has 0 saturated carbocycles. The Hall–Kier alpha value is -1.46. The molecule has 8 heteroatoms. The third-order valence-corrected chi connectivity index (χ3v) is 2.72. The molecule has 1 aromatic carbocycles. The number of hydrogen-bond acceptors (Lipinski definition) is 4. The maximum absolute atomic E-state index is 11.7. The van der Waals surface area contributed by atoms with Gasteiger partial charge in [-0.2, -0.15) is 0 Å². The van der Waals surface area contributed by atoms with Gasteiger partial charge in [0, 0.05) is 28.0 Å². The van der Waals surface area contributed by atoms with Gasteiger partial charge >= 0.3 is 5.97 Å². The van der Waals surface area contributed by atoms with Crippen LogP contribution in [0.1, 0.15) is 11.6 Å². The lowest BCUT2D eigenvalue weighted by atomic mass is 10.1. The zero-order valence-electron chi connectivity index (χ0n) is 10.1. The van der Waals surface area contributed by atoms with Crippen LogP contribution in [-0.2, 0) is 9.53 Å². The lowest BCUT2D eigenvalue weighted by Gasteiger charge is -2.16. The quantitative estimate of drug-likeness (QED) is 0.288. The number of ether oxygens (including phenoxy) is 1. The first-order chi connectivity index (χ1) is 9.08. The first-order valence-corrected chi connectivity index (χ1v) is 6.12. The van der Waals surface area contributed by atoms with E-state index in [1.54, 1.807) is 18.2 Å². The molecule has 0 amide bonds. The third-order valence-electron chi connectivity index (χ3n) is 2.28. The predicted octanol–water partition coefficient (Wildman–Crippen LogP) is 3.11. The normalized spacial score (nSPS) is 11.5. The van der Waals surface area contributed by atoms with Gasteiger partial charge in [0.05, 0.1) is 7.11 Å². The summed E-state index contributed by atoms with van der Waals surface area (Å²) in [6, 6.07) is 4.10. The van der Waals surface area contributed by atoms with Gasteiger partial charge in [-0.05, 0) is 29.3 Å². The summed E-state index contributed by atoms with van der Waals surface area (Å²) in [4.78, 5) is 14.3. The van der Waals surface area contributed by atoms with E-state index in [2.05, 4.69) is 15.3 Å². The van der Waals surface area contributed by atoms with Gasteiger partial charge in [0.1, 0.15) is 6.04 Å². The van der Waals surface area contributed by atoms with Gasteiger partial charge in [0.15, 0.2) is 0 Å². The van der Waals surface area contributed by atoms with E-state index in [0.29, 0.717) is 22.2 Å². The van der Waals surface area contributed by atoms with Crippen molar-refractivity contribution in [3.05, 3.63) is 44.3 Å². The average Bonchev–Trinajstić information content (AvgIpc) is 2.37. The summed E-state index contributed by atoms with van der Waals surface area (Å²) in [5, 5.41) is 7.14. The first-order valence-electron chi connectivity index (χ1n) is 5.36. The standard InChI is InChI=1S/C11H12Cl2N4O2/c1-19-11(18)10(15-2-3-16-17-14)7-4-8(12)6-9(13)5-7/h4-6,10,15H,2-3H2,1H3. The van der Waals surface area contributed by atoms with Crippen LogP contribution >= 0.6 is 23.2 Å². The first kappa shape index (κ1) is 15.6. The molecule has 102 valence electrons. The molecule has 0 heterocycles. The van der Waals surface area contributed by atoms with Gasteiger partial charge in [-0.3, -0.25) is 0 Å². The Morgan fingerprint density at radius 2 is 2.11 bits per heavy atom. The molecule has 1 atom stereocenters. The Morgan fingerprint density at radius 3 is 2.63 bits per heavy atom. The topological polar surface area (TPSA) is 87.1 Å². The Labute approximate surface area is 120 Å². The molecule has 0 radical (unpaired) electrons. The molecule has 0 aliphatic rings. The fourth-order valence-electron chi connectivity index (χ4n) is 1.50. The molecule has 0 bridgehead atoms. The van der Waals surface area contributed by atoms with Gasteiger partial charge < -0.3 is 10.1 Å². The molecule has 1 unspecified atom stereocenters. The van der Waals surface area contributed by atoms with E-state index in [1.807, 2.05) is 0 Å². The van der Waals surface area contributed by atoms with Gasteiger partial charge in [-0.15, -0.1) is 0 Å². The average molecular weight is 303 g/mol. The number of hydrogen-bond donors (Lipinski definition) is 1. The van der Waals surface area contributed by atoms with Crippen LogP contribution in [0.5, 0.6) is 0 Å². The fraction of sp³-hybridized carbons (Fsp3) is 0.364. The second-order valence-electron chi connectivity index (χ2n) is 3.57. The van der Waals surface area contributed by atoms with Crippen LogP contribution in [0.15, 0.2) is 23.3 Å². The Bertz CT molecular complexity index is 483. The highest BCUT2D eigenvalue weighted by Gasteiger charge is 2.21. The zero-order chi connectivity index (χ0) is 14.3. The molecule has 6 nitrogen and oxygen atoms in total. The van der Waals surface area contributed by atoms with Gasteiger partial charge in [0.2, 0.25) is 0 Å². The van der Waals surface area contributed by atoms with Crippen molar-refractivity contribution in [2.24, 2.45) is 5.11 Å². The Balaban J connectivity index is 2.89. The SMILES string of the molecule is COC(=O)C(NCCN=[N+]=[N-])c1cc(Cl)cc(Cl)c1. The van der Waals surface area contributed by atoms with Crippen molar-refractivity contribution >= 4 is 29.2 Å². The smallest absolute Gasteiger partial charge is 0.327 e.